The molecule has 15 heavy (non-hydrogen) atoms. The van der Waals surface area contributed by atoms with E-state index in [4.69, 9.17) is 0 Å². The van der Waals surface area contributed by atoms with Crippen LogP contribution in [0.1, 0.15) is 13.3 Å². The van der Waals surface area contributed by atoms with E-state index in [0.29, 0.717) is 4.80 Å². The molecule has 0 aliphatic carbocycles. The molecule has 1 aromatic carbocycles. The van der Waals surface area contributed by atoms with Crippen molar-refractivity contribution >= 4 is 21.6 Å². The molecule has 0 aliphatic heterocycles. The fourth-order valence-corrected chi connectivity index (χ4v) is 2.57. The summed E-state index contributed by atoms with van der Waals surface area (Å²) in [5, 5.41) is 6.22. The highest BCUT2D eigenvalue weighted by atomic mass is 32.1. The van der Waals surface area contributed by atoms with Gasteiger partial charge in [0, 0.05) is 6.54 Å². The van der Waals surface area contributed by atoms with Crippen molar-refractivity contribution in [1.29, 1.82) is 0 Å². The molecule has 1 aromatic heterocycles. The van der Waals surface area contributed by atoms with E-state index in [1.165, 1.54) is 11.3 Å². The van der Waals surface area contributed by atoms with Crippen molar-refractivity contribution in [1.82, 2.24) is 4.57 Å². The average molecular weight is 221 g/mol. The molecule has 2 aromatic rings. The summed E-state index contributed by atoms with van der Waals surface area (Å²) in [4.78, 5) is 10.9. The Balaban J connectivity index is 2.74. The fourth-order valence-electron chi connectivity index (χ4n) is 1.57. The number of aromatic nitrogens is 1. The van der Waals surface area contributed by atoms with Crippen LogP contribution in [-0.2, 0) is 6.54 Å². The predicted molar refractivity (Wildman–Crippen MR) is 61.5 cm³/mol. The third-order valence-corrected chi connectivity index (χ3v) is 3.21. The van der Waals surface area contributed by atoms with E-state index in [2.05, 4.69) is 17.3 Å². The van der Waals surface area contributed by atoms with Crippen molar-refractivity contribution in [2.45, 2.75) is 19.9 Å². The molecule has 1 heterocycles. The maximum atomic E-state index is 10.2. The lowest BCUT2D eigenvalue weighted by molar-refractivity contribution is 0.677. The van der Waals surface area contributed by atoms with Crippen molar-refractivity contribution in [3.63, 3.8) is 0 Å². The lowest BCUT2D eigenvalue weighted by atomic mass is 10.3. The summed E-state index contributed by atoms with van der Waals surface area (Å²) in [5.74, 6) is 0. The molecule has 0 aliphatic rings. The second kappa shape index (κ2) is 4.35. The molecule has 0 saturated heterocycles. The monoisotopic (exact) mass is 221 g/mol. The molecule has 0 bridgehead atoms. The Morgan fingerprint density at radius 1 is 1.40 bits per heavy atom. The molecule has 5 heteroatoms. The molecular weight excluding hydrogens is 210 g/mol. The van der Waals surface area contributed by atoms with E-state index in [0.717, 1.165) is 23.2 Å². The highest BCUT2D eigenvalue weighted by molar-refractivity contribution is 7.16. The van der Waals surface area contributed by atoms with Gasteiger partial charge in [-0.2, -0.15) is 0 Å². The first-order valence-electron chi connectivity index (χ1n) is 4.81. The molecule has 0 unspecified atom stereocenters. The van der Waals surface area contributed by atoms with Gasteiger partial charge < -0.3 is 4.57 Å². The first-order valence-corrected chi connectivity index (χ1v) is 5.63. The Morgan fingerprint density at radius 3 is 2.93 bits per heavy atom. The molecule has 0 spiro atoms. The number of rotatable bonds is 3. The molecule has 0 atom stereocenters. The second-order valence-electron chi connectivity index (χ2n) is 3.19. The molecule has 0 amide bonds. The number of nitrogens with zero attached hydrogens (tertiary/aromatic N) is 3. The Labute approximate surface area is 90.8 Å². The standard InChI is InChI=1S/C10H11N3OS/c1-2-7-13-8-5-3-4-6-9(8)15-10(13)11-12-14/h3-6H,2,7H2,1H3/b11-10-. The molecule has 78 valence electrons. The number of hydrogen-bond donors (Lipinski definition) is 0. The van der Waals surface area contributed by atoms with Gasteiger partial charge in [0.15, 0.2) is 0 Å². The van der Waals surface area contributed by atoms with Crippen LogP contribution in [0, 0.1) is 4.91 Å². The molecule has 0 fully saturated rings. The third-order valence-electron chi connectivity index (χ3n) is 2.16. The summed E-state index contributed by atoms with van der Waals surface area (Å²) in [5.41, 5.74) is 1.12. The van der Waals surface area contributed by atoms with E-state index in [9.17, 15) is 4.91 Å². The van der Waals surface area contributed by atoms with E-state index in [-0.39, 0.29) is 0 Å². The minimum Gasteiger partial charge on any atom is -0.315 e. The van der Waals surface area contributed by atoms with Gasteiger partial charge in [-0.3, -0.25) is 0 Å². The number of para-hydroxylation sites is 1. The van der Waals surface area contributed by atoms with Gasteiger partial charge in [0.1, 0.15) is 0 Å². The van der Waals surface area contributed by atoms with Gasteiger partial charge in [0.2, 0.25) is 4.80 Å². The van der Waals surface area contributed by atoms with Crippen LogP contribution in [0.3, 0.4) is 0 Å². The van der Waals surface area contributed by atoms with Crippen LogP contribution in [0.15, 0.2) is 34.7 Å². The van der Waals surface area contributed by atoms with Crippen molar-refractivity contribution < 1.29 is 0 Å². The maximum absolute atomic E-state index is 10.2. The average Bonchev–Trinajstić information content (AvgIpc) is 2.59. The molecule has 0 N–H and O–H groups in total. The SMILES string of the molecule is CCCn1/c(=N/N=O)sc2ccccc21. The zero-order valence-electron chi connectivity index (χ0n) is 8.38. The lowest BCUT2D eigenvalue weighted by Crippen LogP contribution is -2.13. The van der Waals surface area contributed by atoms with Crippen LogP contribution in [0.5, 0.6) is 0 Å². The second-order valence-corrected chi connectivity index (χ2v) is 4.19. The molecular formula is C10H11N3OS. The van der Waals surface area contributed by atoms with E-state index >= 15 is 0 Å². The lowest BCUT2D eigenvalue weighted by Gasteiger charge is -2.00. The van der Waals surface area contributed by atoms with Gasteiger partial charge in [-0.1, -0.05) is 35.5 Å². The van der Waals surface area contributed by atoms with Crippen LogP contribution >= 0.6 is 11.3 Å². The Hall–Kier alpha value is -1.49. The number of nitroso groups, excluding NO2 is 1. The zero-order chi connectivity index (χ0) is 10.7. The Bertz CT molecular complexity index is 541. The van der Waals surface area contributed by atoms with E-state index in [1.54, 1.807) is 0 Å². The summed E-state index contributed by atoms with van der Waals surface area (Å²) in [6.07, 6.45) is 1.01. The van der Waals surface area contributed by atoms with Crippen LogP contribution in [0.25, 0.3) is 10.2 Å². The Morgan fingerprint density at radius 2 is 2.20 bits per heavy atom. The highest BCUT2D eigenvalue weighted by Crippen LogP contribution is 2.16. The number of hydrogen-bond acceptors (Lipinski definition) is 3. The zero-order valence-corrected chi connectivity index (χ0v) is 9.20. The maximum Gasteiger partial charge on any atom is 0.215 e. The third kappa shape index (κ3) is 1.83. The van der Waals surface area contributed by atoms with Crippen LogP contribution in [-0.4, -0.2) is 4.57 Å². The van der Waals surface area contributed by atoms with Gasteiger partial charge in [0.05, 0.1) is 15.5 Å². The number of fused-ring (bicyclic) bond motifs is 1. The van der Waals surface area contributed by atoms with Gasteiger partial charge in [-0.05, 0) is 18.6 Å². The summed E-state index contributed by atoms with van der Waals surface area (Å²) in [6, 6.07) is 8.02. The summed E-state index contributed by atoms with van der Waals surface area (Å²) in [7, 11) is 0. The topological polar surface area (TPSA) is 46.7 Å². The normalized spacial score (nSPS) is 12.2. The quantitative estimate of drug-likeness (QED) is 0.580. The molecule has 2 rings (SSSR count). The fraction of sp³-hybridized carbons (Fsp3) is 0.300. The van der Waals surface area contributed by atoms with Crippen molar-refractivity contribution in [2.24, 2.45) is 10.4 Å². The minimum atomic E-state index is 0.674. The summed E-state index contributed by atoms with van der Waals surface area (Å²) in [6.45, 7) is 2.95. The van der Waals surface area contributed by atoms with Crippen molar-refractivity contribution in [3.05, 3.63) is 34.0 Å². The Kier molecular flexibility index (Phi) is 2.91. The van der Waals surface area contributed by atoms with Gasteiger partial charge in [0.25, 0.3) is 0 Å². The smallest absolute Gasteiger partial charge is 0.215 e. The first-order chi connectivity index (χ1) is 7.36. The van der Waals surface area contributed by atoms with Gasteiger partial charge >= 0.3 is 0 Å². The largest absolute Gasteiger partial charge is 0.315 e. The van der Waals surface area contributed by atoms with E-state index < -0.39 is 0 Å². The van der Waals surface area contributed by atoms with Crippen molar-refractivity contribution in [2.75, 3.05) is 0 Å². The van der Waals surface area contributed by atoms with Crippen LogP contribution in [0.2, 0.25) is 0 Å². The van der Waals surface area contributed by atoms with Crippen LogP contribution in [0.4, 0.5) is 0 Å². The predicted octanol–water partition coefficient (Wildman–Crippen LogP) is 2.69. The van der Waals surface area contributed by atoms with Gasteiger partial charge in [-0.15, -0.1) is 4.91 Å². The molecule has 0 saturated carbocycles. The van der Waals surface area contributed by atoms with Gasteiger partial charge in [-0.25, -0.2) is 0 Å². The van der Waals surface area contributed by atoms with Crippen molar-refractivity contribution in [3.8, 4) is 0 Å². The molecule has 4 nitrogen and oxygen atoms in total. The highest BCUT2D eigenvalue weighted by Gasteiger charge is 2.03. The number of thiazole rings is 1. The first kappa shape index (κ1) is 10.0. The number of benzene rings is 1. The molecule has 0 radical (unpaired) electrons. The summed E-state index contributed by atoms with van der Waals surface area (Å²) >= 11 is 1.49. The minimum absolute atomic E-state index is 0.674. The van der Waals surface area contributed by atoms with Crippen LogP contribution < -0.4 is 4.80 Å². The number of aryl methyl sites for hydroxylation is 1. The summed E-state index contributed by atoms with van der Waals surface area (Å²) < 4.78 is 3.16. The van der Waals surface area contributed by atoms with E-state index in [1.807, 2.05) is 28.8 Å².